The largest absolute Gasteiger partial charge is 0.476 e. The van der Waals surface area contributed by atoms with Crippen molar-refractivity contribution in [2.75, 3.05) is 0 Å². The van der Waals surface area contributed by atoms with Gasteiger partial charge < -0.3 is 9.47 Å². The molecule has 0 radical (unpaired) electrons. The van der Waals surface area contributed by atoms with Gasteiger partial charge in [0.1, 0.15) is 11.5 Å². The molecule has 0 bridgehead atoms. The lowest BCUT2D eigenvalue weighted by molar-refractivity contribution is -0.384. The number of rotatable bonds is 5. The third-order valence-electron chi connectivity index (χ3n) is 2.92. The molecule has 6 nitrogen and oxygen atoms in total. The highest BCUT2D eigenvalue weighted by molar-refractivity contribution is 6.30. The Morgan fingerprint density at radius 1 is 1.13 bits per heavy atom. The van der Waals surface area contributed by atoms with Crippen LogP contribution in [0.4, 0.5) is 5.69 Å². The predicted molar refractivity (Wildman–Crippen MR) is 84.9 cm³/mol. The molecule has 2 aromatic carbocycles. The summed E-state index contributed by atoms with van der Waals surface area (Å²) in [5.41, 5.74) is -1.44. The molecule has 0 heterocycles. The first kappa shape index (κ1) is 16.8. The number of hydrogen-bond donors (Lipinski definition) is 0. The summed E-state index contributed by atoms with van der Waals surface area (Å²) >= 11 is 5.79. The summed E-state index contributed by atoms with van der Waals surface area (Å²) in [6.07, 6.45) is 0. The minimum absolute atomic E-state index is 0.0805. The molecular weight excluding hydrogens is 322 g/mol. The first-order valence-corrected chi connectivity index (χ1v) is 7.07. The van der Waals surface area contributed by atoms with E-state index < -0.39 is 16.5 Å². The van der Waals surface area contributed by atoms with E-state index in [2.05, 4.69) is 0 Å². The molecule has 7 heteroatoms. The van der Waals surface area contributed by atoms with Gasteiger partial charge in [-0.25, -0.2) is 4.79 Å². The minimum Gasteiger partial charge on any atom is -0.476 e. The van der Waals surface area contributed by atoms with Crippen LogP contribution in [0.15, 0.2) is 48.5 Å². The Morgan fingerprint density at radius 2 is 1.78 bits per heavy atom. The van der Waals surface area contributed by atoms with E-state index >= 15 is 0 Å². The topological polar surface area (TPSA) is 78.7 Å². The van der Waals surface area contributed by atoms with E-state index in [1.165, 1.54) is 24.3 Å². The first-order chi connectivity index (χ1) is 10.8. The van der Waals surface area contributed by atoms with Gasteiger partial charge in [0.25, 0.3) is 5.69 Å². The summed E-state index contributed by atoms with van der Waals surface area (Å²) in [6, 6.07) is 11.9. The normalized spacial score (nSPS) is 10.9. The van der Waals surface area contributed by atoms with E-state index in [0.29, 0.717) is 10.8 Å². The van der Waals surface area contributed by atoms with Gasteiger partial charge in [-0.05, 0) is 44.2 Å². The lowest BCUT2D eigenvalue weighted by Crippen LogP contribution is -2.41. The monoisotopic (exact) mass is 335 g/mol. The number of nitrogens with zero attached hydrogens (tertiary/aromatic N) is 1. The number of benzene rings is 2. The molecule has 0 saturated carbocycles. The fraction of sp³-hybridized carbons (Fsp3) is 0.188. The number of nitro groups is 1. The minimum atomic E-state index is -1.28. The van der Waals surface area contributed by atoms with Gasteiger partial charge in [0, 0.05) is 11.1 Å². The Hall–Kier alpha value is -2.60. The number of carbonyl (C=O) groups excluding carboxylic acids is 1. The second-order valence-electron chi connectivity index (χ2n) is 5.21. The van der Waals surface area contributed by atoms with Gasteiger partial charge in [0.05, 0.1) is 11.0 Å². The van der Waals surface area contributed by atoms with Crippen molar-refractivity contribution in [2.45, 2.75) is 19.4 Å². The van der Waals surface area contributed by atoms with E-state index in [4.69, 9.17) is 21.1 Å². The van der Waals surface area contributed by atoms with Gasteiger partial charge in [0.2, 0.25) is 5.60 Å². The Balaban J connectivity index is 2.10. The first-order valence-electron chi connectivity index (χ1n) is 6.69. The number of halogens is 1. The molecule has 0 unspecified atom stereocenters. The van der Waals surface area contributed by atoms with E-state index in [1.807, 2.05) is 0 Å². The van der Waals surface area contributed by atoms with Crippen molar-refractivity contribution in [2.24, 2.45) is 0 Å². The molecule has 0 aliphatic heterocycles. The smallest absolute Gasteiger partial charge is 0.355 e. The van der Waals surface area contributed by atoms with E-state index in [1.54, 1.807) is 38.1 Å². The standard InChI is InChI=1S/C16H14ClNO5/c1-16(2,23-13-8-6-11(17)7-9-13)15(19)22-14-5-3-4-12(10-14)18(20)21/h3-10H,1-2H3. The van der Waals surface area contributed by atoms with Crippen LogP contribution in [0.5, 0.6) is 11.5 Å². The van der Waals surface area contributed by atoms with Crippen molar-refractivity contribution in [3.63, 3.8) is 0 Å². The molecule has 0 fully saturated rings. The van der Waals surface area contributed by atoms with Gasteiger partial charge in [0.15, 0.2) is 0 Å². The zero-order valence-corrected chi connectivity index (χ0v) is 13.2. The summed E-state index contributed by atoms with van der Waals surface area (Å²) in [7, 11) is 0. The predicted octanol–water partition coefficient (Wildman–Crippen LogP) is 4.01. The second-order valence-corrected chi connectivity index (χ2v) is 5.65. The van der Waals surface area contributed by atoms with Crippen LogP contribution in [0, 0.1) is 10.1 Å². The maximum absolute atomic E-state index is 12.2. The van der Waals surface area contributed by atoms with Gasteiger partial charge in [-0.1, -0.05) is 17.7 Å². The van der Waals surface area contributed by atoms with Crippen LogP contribution >= 0.6 is 11.6 Å². The average Bonchev–Trinajstić information content (AvgIpc) is 2.49. The highest BCUT2D eigenvalue weighted by Crippen LogP contribution is 2.24. The van der Waals surface area contributed by atoms with Crippen LogP contribution in [-0.4, -0.2) is 16.5 Å². The van der Waals surface area contributed by atoms with Gasteiger partial charge in [-0.2, -0.15) is 0 Å². The zero-order chi connectivity index (χ0) is 17.0. The third-order valence-corrected chi connectivity index (χ3v) is 3.17. The van der Waals surface area contributed by atoms with Crippen molar-refractivity contribution in [3.05, 3.63) is 63.7 Å². The van der Waals surface area contributed by atoms with Crippen molar-refractivity contribution in [1.29, 1.82) is 0 Å². The van der Waals surface area contributed by atoms with Crippen molar-refractivity contribution < 1.29 is 19.2 Å². The van der Waals surface area contributed by atoms with Crippen LogP contribution < -0.4 is 9.47 Å². The molecule has 0 aromatic heterocycles. The highest BCUT2D eigenvalue weighted by Gasteiger charge is 2.32. The number of carbonyl (C=O) groups is 1. The van der Waals surface area contributed by atoms with Crippen LogP contribution in [-0.2, 0) is 4.79 Å². The molecular formula is C16H14ClNO5. The van der Waals surface area contributed by atoms with Crippen LogP contribution in [0.2, 0.25) is 5.02 Å². The number of nitro benzene ring substituents is 1. The maximum atomic E-state index is 12.2. The lowest BCUT2D eigenvalue weighted by atomic mass is 10.1. The van der Waals surface area contributed by atoms with Crippen LogP contribution in [0.3, 0.4) is 0 Å². The van der Waals surface area contributed by atoms with Gasteiger partial charge >= 0.3 is 5.97 Å². The highest BCUT2D eigenvalue weighted by atomic mass is 35.5. The number of esters is 1. The Morgan fingerprint density at radius 3 is 2.39 bits per heavy atom. The fourth-order valence-corrected chi connectivity index (χ4v) is 1.86. The molecule has 23 heavy (non-hydrogen) atoms. The van der Waals surface area contributed by atoms with Crippen LogP contribution in [0.25, 0.3) is 0 Å². The van der Waals surface area contributed by atoms with Crippen LogP contribution in [0.1, 0.15) is 13.8 Å². The summed E-state index contributed by atoms with van der Waals surface area (Å²) in [4.78, 5) is 22.4. The summed E-state index contributed by atoms with van der Waals surface area (Å²) in [6.45, 7) is 3.09. The molecule has 0 spiro atoms. The summed E-state index contributed by atoms with van der Waals surface area (Å²) < 4.78 is 10.8. The molecule has 120 valence electrons. The molecule has 0 atom stereocenters. The zero-order valence-electron chi connectivity index (χ0n) is 12.5. The molecule has 0 saturated heterocycles. The van der Waals surface area contributed by atoms with E-state index in [-0.39, 0.29) is 11.4 Å². The maximum Gasteiger partial charge on any atom is 0.355 e. The molecule has 2 aromatic rings. The Kier molecular flexibility index (Phi) is 4.86. The molecule has 2 rings (SSSR count). The van der Waals surface area contributed by atoms with E-state index in [0.717, 1.165) is 0 Å². The fourth-order valence-electron chi connectivity index (χ4n) is 1.73. The Labute approximate surface area is 137 Å². The molecule has 0 aliphatic rings. The average molecular weight is 336 g/mol. The molecule has 0 N–H and O–H groups in total. The number of non-ortho nitro benzene ring substituents is 1. The number of ether oxygens (including phenoxy) is 2. The summed E-state index contributed by atoms with van der Waals surface area (Å²) in [5, 5.41) is 11.3. The van der Waals surface area contributed by atoms with E-state index in [9.17, 15) is 14.9 Å². The van der Waals surface area contributed by atoms with Crippen molar-refractivity contribution in [3.8, 4) is 11.5 Å². The summed E-state index contributed by atoms with van der Waals surface area (Å²) in [5.74, 6) is -0.139. The van der Waals surface area contributed by atoms with Crippen molar-refractivity contribution >= 4 is 23.3 Å². The lowest BCUT2D eigenvalue weighted by Gasteiger charge is -2.24. The Bertz CT molecular complexity index is 728. The third kappa shape index (κ3) is 4.43. The molecule has 0 amide bonds. The van der Waals surface area contributed by atoms with Gasteiger partial charge in [-0.3, -0.25) is 10.1 Å². The van der Waals surface area contributed by atoms with Crippen molar-refractivity contribution in [1.82, 2.24) is 0 Å². The quantitative estimate of drug-likeness (QED) is 0.357. The van der Waals surface area contributed by atoms with Gasteiger partial charge in [-0.15, -0.1) is 0 Å². The molecule has 0 aliphatic carbocycles. The SMILES string of the molecule is CC(C)(Oc1ccc(Cl)cc1)C(=O)Oc1cccc([N+](=O)[O-])c1. The number of hydrogen-bond acceptors (Lipinski definition) is 5. The second kappa shape index (κ2) is 6.66.